The summed E-state index contributed by atoms with van der Waals surface area (Å²) in [7, 11) is 1.68. The number of H-pyrrole nitrogens is 1. The predicted molar refractivity (Wildman–Crippen MR) is 95.4 cm³/mol. The van der Waals surface area contributed by atoms with Crippen LogP contribution in [0.15, 0.2) is 36.8 Å². The number of piperidine rings is 1. The number of fused-ring (bicyclic) bond motifs is 1. The van der Waals surface area contributed by atoms with Gasteiger partial charge in [0.25, 0.3) is 0 Å². The fourth-order valence-electron chi connectivity index (χ4n) is 3.14. The first-order valence-electron chi connectivity index (χ1n) is 8.28. The summed E-state index contributed by atoms with van der Waals surface area (Å²) < 4.78 is 5.58. The minimum absolute atomic E-state index is 0.461. The summed E-state index contributed by atoms with van der Waals surface area (Å²) in [5.41, 5.74) is 2.80. The highest BCUT2D eigenvalue weighted by molar-refractivity contribution is 5.83. The van der Waals surface area contributed by atoms with Crippen LogP contribution in [0, 0.1) is 0 Å². The second kappa shape index (κ2) is 6.49. The summed E-state index contributed by atoms with van der Waals surface area (Å²) in [6.07, 6.45) is 7.83. The fraction of sp³-hybridized carbons (Fsp3) is 0.333. The number of nitrogens with zero attached hydrogens (tertiary/aromatic N) is 2. The fourth-order valence-corrected chi connectivity index (χ4v) is 3.14. The SMILES string of the molecule is COc1cc(NC2CCNCC2)ncc1-c1cc2[nH]ccc2cn1. The number of aromatic nitrogens is 3. The van der Waals surface area contributed by atoms with Crippen LogP contribution in [-0.4, -0.2) is 41.2 Å². The molecule has 3 N–H and O–H groups in total. The number of pyridine rings is 2. The van der Waals surface area contributed by atoms with Crippen molar-refractivity contribution in [3.8, 4) is 17.0 Å². The lowest BCUT2D eigenvalue weighted by atomic mass is 10.1. The van der Waals surface area contributed by atoms with Crippen LogP contribution in [0.3, 0.4) is 0 Å². The molecule has 0 atom stereocenters. The predicted octanol–water partition coefficient (Wildman–Crippen LogP) is 2.80. The van der Waals surface area contributed by atoms with Crippen molar-refractivity contribution in [2.24, 2.45) is 0 Å². The third kappa shape index (κ3) is 2.92. The normalized spacial score (nSPS) is 15.5. The minimum Gasteiger partial charge on any atom is -0.496 e. The van der Waals surface area contributed by atoms with Crippen LogP contribution in [0.5, 0.6) is 5.75 Å². The molecule has 124 valence electrons. The van der Waals surface area contributed by atoms with E-state index in [1.54, 1.807) is 7.11 Å². The average molecular weight is 323 g/mol. The molecule has 0 radical (unpaired) electrons. The lowest BCUT2D eigenvalue weighted by molar-refractivity contribution is 0.415. The first kappa shape index (κ1) is 15.0. The zero-order chi connectivity index (χ0) is 16.4. The minimum atomic E-state index is 0.461. The van der Waals surface area contributed by atoms with E-state index in [-0.39, 0.29) is 0 Å². The van der Waals surface area contributed by atoms with E-state index in [0.717, 1.165) is 59.7 Å². The molecule has 1 fully saturated rings. The molecular weight excluding hydrogens is 302 g/mol. The lowest BCUT2D eigenvalue weighted by Crippen LogP contribution is -2.35. The Bertz CT molecular complexity index is 838. The van der Waals surface area contributed by atoms with Crippen molar-refractivity contribution in [1.29, 1.82) is 0 Å². The van der Waals surface area contributed by atoms with Gasteiger partial charge in [-0.05, 0) is 38.1 Å². The van der Waals surface area contributed by atoms with Gasteiger partial charge in [-0.1, -0.05) is 0 Å². The molecule has 1 aliphatic heterocycles. The highest BCUT2D eigenvalue weighted by Crippen LogP contribution is 2.31. The number of hydrogen-bond acceptors (Lipinski definition) is 5. The topological polar surface area (TPSA) is 74.9 Å². The number of rotatable bonds is 4. The highest BCUT2D eigenvalue weighted by Gasteiger charge is 2.15. The Hall–Kier alpha value is -2.60. The number of hydrogen-bond donors (Lipinski definition) is 3. The molecule has 0 saturated carbocycles. The van der Waals surface area contributed by atoms with Crippen LogP contribution in [0.4, 0.5) is 5.82 Å². The molecule has 1 aliphatic rings. The summed E-state index contributed by atoms with van der Waals surface area (Å²) in [5.74, 6) is 1.63. The molecule has 24 heavy (non-hydrogen) atoms. The van der Waals surface area contributed by atoms with Gasteiger partial charge in [-0.3, -0.25) is 4.98 Å². The van der Waals surface area contributed by atoms with Gasteiger partial charge < -0.3 is 20.4 Å². The summed E-state index contributed by atoms with van der Waals surface area (Å²) in [5, 5.41) is 7.96. The van der Waals surface area contributed by atoms with Crippen molar-refractivity contribution < 1.29 is 4.74 Å². The lowest BCUT2D eigenvalue weighted by Gasteiger charge is -2.24. The van der Waals surface area contributed by atoms with Crippen molar-refractivity contribution in [2.75, 3.05) is 25.5 Å². The number of anilines is 1. The Morgan fingerprint density at radius 3 is 2.88 bits per heavy atom. The third-order valence-electron chi connectivity index (χ3n) is 4.49. The molecule has 6 heteroatoms. The van der Waals surface area contributed by atoms with Gasteiger partial charge in [-0.2, -0.15) is 0 Å². The Kier molecular flexibility index (Phi) is 4.04. The first-order chi connectivity index (χ1) is 11.8. The molecular formula is C18H21N5O. The average Bonchev–Trinajstić information content (AvgIpc) is 3.10. The second-order valence-corrected chi connectivity index (χ2v) is 6.07. The van der Waals surface area contributed by atoms with Crippen molar-refractivity contribution in [3.05, 3.63) is 36.8 Å². The van der Waals surface area contributed by atoms with Gasteiger partial charge in [-0.25, -0.2) is 4.98 Å². The Labute approximate surface area is 140 Å². The summed E-state index contributed by atoms with van der Waals surface area (Å²) in [6, 6.07) is 6.45. The van der Waals surface area contributed by atoms with Crippen LogP contribution in [-0.2, 0) is 0 Å². The maximum atomic E-state index is 5.58. The Morgan fingerprint density at radius 2 is 2.04 bits per heavy atom. The van der Waals surface area contributed by atoms with E-state index in [9.17, 15) is 0 Å². The van der Waals surface area contributed by atoms with Crippen LogP contribution >= 0.6 is 0 Å². The number of ether oxygens (including phenoxy) is 1. The van der Waals surface area contributed by atoms with Crippen LogP contribution in [0.2, 0.25) is 0 Å². The second-order valence-electron chi connectivity index (χ2n) is 6.07. The Morgan fingerprint density at radius 1 is 1.17 bits per heavy atom. The molecule has 3 aromatic heterocycles. The molecule has 3 aromatic rings. The molecule has 0 aromatic carbocycles. The van der Waals surface area contributed by atoms with Gasteiger partial charge in [0.05, 0.1) is 18.4 Å². The van der Waals surface area contributed by atoms with Crippen molar-refractivity contribution >= 4 is 16.7 Å². The van der Waals surface area contributed by atoms with E-state index in [2.05, 4.69) is 25.6 Å². The summed E-state index contributed by atoms with van der Waals surface area (Å²) in [4.78, 5) is 12.3. The molecule has 0 bridgehead atoms. The number of nitrogens with one attached hydrogen (secondary N) is 3. The molecule has 1 saturated heterocycles. The van der Waals surface area contributed by atoms with Crippen molar-refractivity contribution in [3.63, 3.8) is 0 Å². The van der Waals surface area contributed by atoms with Crippen LogP contribution < -0.4 is 15.4 Å². The first-order valence-corrected chi connectivity index (χ1v) is 8.28. The molecule has 0 aliphatic carbocycles. The van der Waals surface area contributed by atoms with E-state index in [4.69, 9.17) is 4.74 Å². The van der Waals surface area contributed by atoms with Crippen molar-refractivity contribution in [1.82, 2.24) is 20.3 Å². The van der Waals surface area contributed by atoms with Gasteiger partial charge in [0, 0.05) is 41.6 Å². The smallest absolute Gasteiger partial charge is 0.133 e. The molecule has 0 spiro atoms. The van der Waals surface area contributed by atoms with E-state index < -0.39 is 0 Å². The number of aromatic amines is 1. The zero-order valence-corrected chi connectivity index (χ0v) is 13.7. The largest absolute Gasteiger partial charge is 0.496 e. The maximum absolute atomic E-state index is 5.58. The maximum Gasteiger partial charge on any atom is 0.133 e. The van der Waals surface area contributed by atoms with Crippen LogP contribution in [0.1, 0.15) is 12.8 Å². The van der Waals surface area contributed by atoms with Gasteiger partial charge in [0.15, 0.2) is 0 Å². The summed E-state index contributed by atoms with van der Waals surface area (Å²) >= 11 is 0. The monoisotopic (exact) mass is 323 g/mol. The van der Waals surface area contributed by atoms with E-state index in [1.165, 1.54) is 0 Å². The highest BCUT2D eigenvalue weighted by atomic mass is 16.5. The van der Waals surface area contributed by atoms with Gasteiger partial charge in [-0.15, -0.1) is 0 Å². The van der Waals surface area contributed by atoms with Gasteiger partial charge in [0.2, 0.25) is 0 Å². The summed E-state index contributed by atoms with van der Waals surface area (Å²) in [6.45, 7) is 2.10. The zero-order valence-electron chi connectivity index (χ0n) is 13.7. The standard InChI is InChI=1S/C18H21N5O/c1-24-17-9-18(23-13-3-5-19-6-4-13)22-11-14(17)16-8-15-12(10-21-16)2-7-20-15/h2,7-11,13,19-20H,3-6H2,1H3,(H,22,23). The van der Waals surface area contributed by atoms with Gasteiger partial charge in [0.1, 0.15) is 11.6 Å². The van der Waals surface area contributed by atoms with Gasteiger partial charge >= 0.3 is 0 Å². The molecule has 0 unspecified atom stereocenters. The molecule has 4 rings (SSSR count). The molecule has 6 nitrogen and oxygen atoms in total. The Balaban J connectivity index is 1.63. The van der Waals surface area contributed by atoms with E-state index in [1.807, 2.05) is 36.8 Å². The van der Waals surface area contributed by atoms with Crippen LogP contribution in [0.25, 0.3) is 22.2 Å². The van der Waals surface area contributed by atoms with E-state index >= 15 is 0 Å². The van der Waals surface area contributed by atoms with E-state index in [0.29, 0.717) is 6.04 Å². The molecule has 0 amide bonds. The third-order valence-corrected chi connectivity index (χ3v) is 4.49. The number of methoxy groups -OCH3 is 1. The molecule has 4 heterocycles. The van der Waals surface area contributed by atoms with Crippen molar-refractivity contribution in [2.45, 2.75) is 18.9 Å². The quantitative estimate of drug-likeness (QED) is 0.688.